The Kier molecular flexibility index (Phi) is 4.78. The van der Waals surface area contributed by atoms with Gasteiger partial charge in [0.1, 0.15) is 5.25 Å². The minimum atomic E-state index is -3.91. The smallest absolute Gasteiger partial charge is 0.328 e. The maximum Gasteiger partial charge on any atom is 0.328 e. The molecule has 2 aromatic rings. The van der Waals surface area contributed by atoms with Crippen molar-refractivity contribution in [1.82, 2.24) is 0 Å². The summed E-state index contributed by atoms with van der Waals surface area (Å²) < 4.78 is 31.3. The van der Waals surface area contributed by atoms with E-state index in [0.29, 0.717) is 10.6 Å². The van der Waals surface area contributed by atoms with E-state index in [2.05, 4.69) is 0 Å². The molecular weight excluding hydrogens is 374 g/mol. The summed E-state index contributed by atoms with van der Waals surface area (Å²) in [5.41, 5.74) is -1.20. The third-order valence-corrected chi connectivity index (χ3v) is 7.06. The number of hydrogen-bond donors (Lipinski definition) is 0. The second-order valence-corrected chi connectivity index (χ2v) is 8.51. The van der Waals surface area contributed by atoms with Gasteiger partial charge in [0, 0.05) is 10.9 Å². The molecule has 1 fully saturated rings. The number of ether oxygens (including phenoxy) is 1. The van der Waals surface area contributed by atoms with Crippen LogP contribution in [0.2, 0.25) is 5.02 Å². The van der Waals surface area contributed by atoms with Crippen LogP contribution in [0.5, 0.6) is 0 Å². The van der Waals surface area contributed by atoms with Crippen LogP contribution in [-0.4, -0.2) is 26.2 Å². The molecule has 0 bridgehead atoms. The van der Waals surface area contributed by atoms with E-state index in [1.807, 2.05) is 6.07 Å². The molecule has 0 radical (unpaired) electrons. The first-order valence-electron chi connectivity index (χ1n) is 8.02. The lowest BCUT2D eigenvalue weighted by molar-refractivity contribution is -0.147. The van der Waals surface area contributed by atoms with E-state index in [9.17, 15) is 18.5 Å². The lowest BCUT2D eigenvalue weighted by atomic mass is 10.0. The molecule has 0 unspecified atom stereocenters. The predicted octanol–water partition coefficient (Wildman–Crippen LogP) is 3.35. The minimum Gasteiger partial charge on any atom is -0.465 e. The fraction of sp³-hybridized carbons (Fsp3) is 0.263. The van der Waals surface area contributed by atoms with Crippen LogP contribution in [0, 0.1) is 16.7 Å². The molecular formula is C19H16ClNO4S. The van der Waals surface area contributed by atoms with Crippen molar-refractivity contribution in [2.75, 3.05) is 6.61 Å². The van der Waals surface area contributed by atoms with Gasteiger partial charge >= 0.3 is 5.97 Å². The monoisotopic (exact) mass is 389 g/mol. The second kappa shape index (κ2) is 6.75. The molecule has 3 rings (SSSR count). The van der Waals surface area contributed by atoms with Crippen molar-refractivity contribution >= 4 is 27.4 Å². The number of halogens is 1. The Morgan fingerprint density at radius 1 is 1.19 bits per heavy atom. The highest BCUT2D eigenvalue weighted by molar-refractivity contribution is 7.92. The van der Waals surface area contributed by atoms with Gasteiger partial charge in [0.2, 0.25) is 0 Å². The molecule has 3 atom stereocenters. The Morgan fingerprint density at radius 2 is 1.81 bits per heavy atom. The first-order valence-corrected chi connectivity index (χ1v) is 9.95. The second-order valence-electron chi connectivity index (χ2n) is 6.01. The van der Waals surface area contributed by atoms with Gasteiger partial charge in [-0.1, -0.05) is 41.9 Å². The summed E-state index contributed by atoms with van der Waals surface area (Å²) in [5.74, 6) is -1.62. The number of nitrogens with zero attached hydrogens (tertiary/aromatic N) is 1. The number of carbonyl (C=O) groups excluding carboxylic acids is 1. The molecule has 5 nitrogen and oxygen atoms in total. The highest BCUT2D eigenvalue weighted by Crippen LogP contribution is 2.64. The molecule has 0 N–H and O–H groups in total. The zero-order valence-electron chi connectivity index (χ0n) is 13.9. The average Bonchev–Trinajstić information content (AvgIpc) is 3.35. The zero-order chi connectivity index (χ0) is 18.9. The Morgan fingerprint density at radius 3 is 2.35 bits per heavy atom. The molecule has 1 aliphatic carbocycles. The standard InChI is InChI=1S/C19H16ClNO4S/c1-2-25-18(22)19(12-21)16(13-8-10-14(20)11-9-13)17(19)26(23,24)15-6-4-3-5-7-15/h3-11,16-17H,2H2,1H3/t16-,17-,19+/m0/s1. The van der Waals surface area contributed by atoms with Crippen LogP contribution in [0.4, 0.5) is 0 Å². The third-order valence-electron chi connectivity index (χ3n) is 4.57. The van der Waals surface area contributed by atoms with Crippen molar-refractivity contribution in [2.45, 2.75) is 23.0 Å². The van der Waals surface area contributed by atoms with Gasteiger partial charge in [-0.05, 0) is 36.8 Å². The molecule has 7 heteroatoms. The summed E-state index contributed by atoms with van der Waals surface area (Å²) in [6, 6.07) is 16.2. The minimum absolute atomic E-state index is 0.0632. The van der Waals surface area contributed by atoms with E-state index in [0.717, 1.165) is 0 Å². The van der Waals surface area contributed by atoms with E-state index in [1.54, 1.807) is 49.4 Å². The normalized spacial score (nSPS) is 24.5. The number of sulfone groups is 1. The van der Waals surface area contributed by atoms with Crippen LogP contribution in [0.3, 0.4) is 0 Å². The first kappa shape index (κ1) is 18.4. The van der Waals surface area contributed by atoms with Gasteiger partial charge in [-0.2, -0.15) is 5.26 Å². The summed E-state index contributed by atoms with van der Waals surface area (Å²) in [6.07, 6.45) is 0. The largest absolute Gasteiger partial charge is 0.465 e. The van der Waals surface area contributed by atoms with Crippen LogP contribution >= 0.6 is 11.6 Å². The van der Waals surface area contributed by atoms with Crippen LogP contribution in [0.1, 0.15) is 18.4 Å². The molecule has 1 aliphatic rings. The van der Waals surface area contributed by atoms with E-state index < -0.39 is 32.4 Å². The van der Waals surface area contributed by atoms with E-state index in [4.69, 9.17) is 16.3 Å². The van der Waals surface area contributed by atoms with Crippen molar-refractivity contribution in [2.24, 2.45) is 5.41 Å². The molecule has 0 heterocycles. The van der Waals surface area contributed by atoms with Gasteiger partial charge in [0.25, 0.3) is 0 Å². The van der Waals surface area contributed by atoms with Crippen molar-refractivity contribution in [1.29, 1.82) is 5.26 Å². The summed E-state index contributed by atoms with van der Waals surface area (Å²) in [6.45, 7) is 1.68. The fourth-order valence-corrected chi connectivity index (χ4v) is 5.71. The van der Waals surface area contributed by atoms with Crippen LogP contribution in [0.15, 0.2) is 59.5 Å². The molecule has 0 spiro atoms. The maximum absolute atomic E-state index is 13.1. The van der Waals surface area contributed by atoms with Crippen LogP contribution < -0.4 is 0 Å². The topological polar surface area (TPSA) is 84.2 Å². The molecule has 0 saturated heterocycles. The molecule has 0 amide bonds. The molecule has 26 heavy (non-hydrogen) atoms. The van der Waals surface area contributed by atoms with Gasteiger partial charge in [0.15, 0.2) is 15.3 Å². The average molecular weight is 390 g/mol. The molecule has 0 aromatic heterocycles. The van der Waals surface area contributed by atoms with Crippen molar-refractivity contribution in [3.63, 3.8) is 0 Å². The van der Waals surface area contributed by atoms with Gasteiger partial charge in [-0.25, -0.2) is 8.42 Å². The molecule has 134 valence electrons. The van der Waals surface area contributed by atoms with Gasteiger partial charge in [0.05, 0.1) is 17.6 Å². The Hall–Kier alpha value is -2.36. The third kappa shape index (κ3) is 2.77. The van der Waals surface area contributed by atoms with Gasteiger partial charge < -0.3 is 4.74 Å². The van der Waals surface area contributed by atoms with E-state index >= 15 is 0 Å². The van der Waals surface area contributed by atoms with E-state index in [-0.39, 0.29) is 11.5 Å². The summed E-state index contributed by atoms with van der Waals surface area (Å²) >= 11 is 5.90. The first-order chi connectivity index (χ1) is 12.4. The van der Waals surface area contributed by atoms with Gasteiger partial charge in [-0.3, -0.25) is 4.79 Å². The van der Waals surface area contributed by atoms with E-state index in [1.165, 1.54) is 12.1 Å². The Bertz CT molecular complexity index is 967. The number of carbonyl (C=O) groups is 1. The quantitative estimate of drug-likeness (QED) is 0.732. The number of esters is 1. The Labute approximate surface area is 157 Å². The highest BCUT2D eigenvalue weighted by atomic mass is 35.5. The summed E-state index contributed by atoms with van der Waals surface area (Å²) in [7, 11) is -3.91. The van der Waals surface area contributed by atoms with Crippen molar-refractivity contribution in [3.8, 4) is 6.07 Å². The molecule has 0 aliphatic heterocycles. The fourth-order valence-electron chi connectivity index (χ4n) is 3.32. The highest BCUT2D eigenvalue weighted by Gasteiger charge is 2.77. The maximum atomic E-state index is 13.1. The summed E-state index contributed by atoms with van der Waals surface area (Å²) in [5, 5.41) is 9.06. The summed E-state index contributed by atoms with van der Waals surface area (Å²) in [4.78, 5) is 12.6. The van der Waals surface area contributed by atoms with Crippen molar-refractivity contribution < 1.29 is 17.9 Å². The molecule has 1 saturated carbocycles. The lowest BCUT2D eigenvalue weighted by Crippen LogP contribution is -2.25. The zero-order valence-corrected chi connectivity index (χ0v) is 15.5. The predicted molar refractivity (Wildman–Crippen MR) is 96.3 cm³/mol. The number of hydrogen-bond acceptors (Lipinski definition) is 5. The Balaban J connectivity index is 2.13. The number of benzene rings is 2. The molecule has 2 aromatic carbocycles. The van der Waals surface area contributed by atoms with Gasteiger partial charge in [-0.15, -0.1) is 0 Å². The lowest BCUT2D eigenvalue weighted by Gasteiger charge is -2.09. The number of rotatable bonds is 5. The van der Waals surface area contributed by atoms with Crippen molar-refractivity contribution in [3.05, 3.63) is 65.2 Å². The van der Waals surface area contributed by atoms with Crippen LogP contribution in [0.25, 0.3) is 0 Å². The van der Waals surface area contributed by atoms with Crippen LogP contribution in [-0.2, 0) is 19.4 Å². The number of nitriles is 1. The SMILES string of the molecule is CCOC(=O)[C@]1(C#N)[C@@H](c2ccc(Cl)cc2)[C@@H]1S(=O)(=O)c1ccccc1.